The van der Waals surface area contributed by atoms with Crippen molar-refractivity contribution in [2.45, 2.75) is 42.9 Å². The van der Waals surface area contributed by atoms with Gasteiger partial charge in [0.2, 0.25) is 0 Å². The van der Waals surface area contributed by atoms with Gasteiger partial charge in [-0.1, -0.05) is 11.3 Å². The standard InChI is InChI=1S/C11H18N2O4S2/c1-8-9(18-10(14)12-8)19(16,17)13-6-3-4-11(2,15)5-7-13/h15H,3-7H2,1-2H3,(H,12,14). The number of H-pyrrole nitrogens is 1. The van der Waals surface area contributed by atoms with Crippen LogP contribution in [0.4, 0.5) is 0 Å². The third kappa shape index (κ3) is 3.07. The molecule has 1 aliphatic rings. The molecule has 6 nitrogen and oxygen atoms in total. The van der Waals surface area contributed by atoms with Gasteiger partial charge < -0.3 is 10.1 Å². The molecule has 2 heterocycles. The normalized spacial score (nSPS) is 26.3. The van der Waals surface area contributed by atoms with E-state index in [1.807, 2.05) is 0 Å². The average Bonchev–Trinajstić information content (AvgIpc) is 2.52. The first-order valence-electron chi connectivity index (χ1n) is 6.15. The van der Waals surface area contributed by atoms with Crippen molar-refractivity contribution < 1.29 is 13.5 Å². The summed E-state index contributed by atoms with van der Waals surface area (Å²) in [6.45, 7) is 3.96. The molecule has 0 spiro atoms. The molecule has 0 aromatic carbocycles. The fraction of sp³-hybridized carbons (Fsp3) is 0.727. The van der Waals surface area contributed by atoms with E-state index in [-0.39, 0.29) is 15.6 Å². The Balaban J connectivity index is 2.30. The van der Waals surface area contributed by atoms with Crippen LogP contribution in [-0.2, 0) is 10.0 Å². The van der Waals surface area contributed by atoms with Crippen LogP contribution in [0.25, 0.3) is 0 Å². The van der Waals surface area contributed by atoms with Crippen LogP contribution >= 0.6 is 11.3 Å². The van der Waals surface area contributed by atoms with Gasteiger partial charge in [0.25, 0.3) is 10.0 Å². The number of nitrogens with zero attached hydrogens (tertiary/aromatic N) is 1. The Kier molecular flexibility index (Phi) is 3.87. The van der Waals surface area contributed by atoms with Crippen molar-refractivity contribution in [2.75, 3.05) is 13.1 Å². The van der Waals surface area contributed by atoms with Crippen LogP contribution in [0.5, 0.6) is 0 Å². The molecule has 108 valence electrons. The summed E-state index contributed by atoms with van der Waals surface area (Å²) in [5.74, 6) is 0. The minimum atomic E-state index is -3.64. The molecule has 0 radical (unpaired) electrons. The van der Waals surface area contributed by atoms with Gasteiger partial charge in [0, 0.05) is 18.8 Å². The van der Waals surface area contributed by atoms with Crippen molar-refractivity contribution in [2.24, 2.45) is 0 Å². The summed E-state index contributed by atoms with van der Waals surface area (Å²) in [5.41, 5.74) is -0.434. The maximum Gasteiger partial charge on any atom is 0.305 e. The lowest BCUT2D eigenvalue weighted by Crippen LogP contribution is -2.33. The van der Waals surface area contributed by atoms with Gasteiger partial charge in [-0.05, 0) is 33.1 Å². The lowest BCUT2D eigenvalue weighted by molar-refractivity contribution is 0.0465. The molecule has 0 bridgehead atoms. The molecule has 0 amide bonds. The quantitative estimate of drug-likeness (QED) is 0.840. The number of sulfonamides is 1. The number of aromatic nitrogens is 1. The second-order valence-electron chi connectivity index (χ2n) is 5.18. The molecular weight excluding hydrogens is 288 g/mol. The number of rotatable bonds is 2. The van der Waals surface area contributed by atoms with Gasteiger partial charge in [0.15, 0.2) is 4.21 Å². The van der Waals surface area contributed by atoms with Gasteiger partial charge in [-0.15, -0.1) is 0 Å². The molecule has 1 aromatic rings. The highest BCUT2D eigenvalue weighted by Gasteiger charge is 2.33. The van der Waals surface area contributed by atoms with Crippen LogP contribution in [0.3, 0.4) is 0 Å². The van der Waals surface area contributed by atoms with Crippen molar-refractivity contribution in [3.05, 3.63) is 15.4 Å². The highest BCUT2D eigenvalue weighted by Crippen LogP contribution is 2.27. The van der Waals surface area contributed by atoms with Gasteiger partial charge in [-0.25, -0.2) is 8.42 Å². The largest absolute Gasteiger partial charge is 0.390 e. The summed E-state index contributed by atoms with van der Waals surface area (Å²) in [6.07, 6.45) is 1.61. The number of hydrogen-bond donors (Lipinski definition) is 2. The van der Waals surface area contributed by atoms with E-state index in [1.54, 1.807) is 13.8 Å². The Hall–Kier alpha value is -0.700. The summed E-state index contributed by atoms with van der Waals surface area (Å²) in [7, 11) is -3.64. The minimum Gasteiger partial charge on any atom is -0.390 e. The predicted molar refractivity (Wildman–Crippen MR) is 72.9 cm³/mol. The monoisotopic (exact) mass is 306 g/mol. The third-order valence-electron chi connectivity index (χ3n) is 3.38. The molecule has 1 unspecified atom stereocenters. The number of aromatic amines is 1. The van der Waals surface area contributed by atoms with E-state index in [0.29, 0.717) is 31.5 Å². The molecule has 1 aromatic heterocycles. The first-order chi connectivity index (χ1) is 8.72. The Labute approximate surface area is 116 Å². The van der Waals surface area contributed by atoms with Gasteiger partial charge in [0.1, 0.15) is 0 Å². The van der Waals surface area contributed by atoms with E-state index in [0.717, 1.165) is 11.3 Å². The minimum absolute atomic E-state index is 0.0824. The fourth-order valence-corrected chi connectivity index (χ4v) is 5.15. The fourth-order valence-electron chi connectivity index (χ4n) is 2.23. The van der Waals surface area contributed by atoms with Crippen LogP contribution in [0.1, 0.15) is 31.9 Å². The average molecular weight is 306 g/mol. The van der Waals surface area contributed by atoms with Crippen LogP contribution in [0.2, 0.25) is 0 Å². The second-order valence-corrected chi connectivity index (χ2v) is 8.30. The van der Waals surface area contributed by atoms with Gasteiger partial charge in [-0.3, -0.25) is 4.79 Å². The molecule has 1 atom stereocenters. The van der Waals surface area contributed by atoms with E-state index in [4.69, 9.17) is 0 Å². The second kappa shape index (κ2) is 5.01. The molecule has 2 N–H and O–H groups in total. The third-order valence-corrected chi connectivity index (χ3v) is 6.86. The van der Waals surface area contributed by atoms with E-state index in [1.165, 1.54) is 4.31 Å². The predicted octanol–water partition coefficient (Wildman–Crippen LogP) is 0.670. The van der Waals surface area contributed by atoms with E-state index < -0.39 is 15.6 Å². The van der Waals surface area contributed by atoms with Gasteiger partial charge >= 0.3 is 4.87 Å². The highest BCUT2D eigenvalue weighted by atomic mass is 32.2. The molecule has 1 saturated heterocycles. The summed E-state index contributed by atoms with van der Waals surface area (Å²) in [6, 6.07) is 0. The van der Waals surface area contributed by atoms with Crippen LogP contribution in [0, 0.1) is 6.92 Å². The number of nitrogens with one attached hydrogen (secondary N) is 1. The zero-order chi connectivity index (χ0) is 14.3. The molecule has 0 saturated carbocycles. The summed E-state index contributed by atoms with van der Waals surface area (Å²) >= 11 is 0.718. The molecule has 1 fully saturated rings. The Morgan fingerprint density at radius 3 is 2.63 bits per heavy atom. The number of aryl methyl sites for hydroxylation is 1. The van der Waals surface area contributed by atoms with Crippen molar-refractivity contribution in [3.63, 3.8) is 0 Å². The van der Waals surface area contributed by atoms with Crippen molar-refractivity contribution in [1.29, 1.82) is 0 Å². The summed E-state index contributed by atoms with van der Waals surface area (Å²) in [4.78, 5) is 13.4. The van der Waals surface area contributed by atoms with Crippen molar-refractivity contribution >= 4 is 21.4 Å². The number of thiazole rings is 1. The van der Waals surface area contributed by atoms with Crippen LogP contribution < -0.4 is 4.87 Å². The lowest BCUT2D eigenvalue weighted by atomic mass is 9.98. The summed E-state index contributed by atoms with van der Waals surface area (Å²) in [5, 5.41) is 9.99. The van der Waals surface area contributed by atoms with Crippen LogP contribution in [-0.4, -0.2) is 41.5 Å². The SMILES string of the molecule is Cc1[nH]c(=O)sc1S(=O)(=O)N1CCCC(C)(O)CC1. The molecule has 19 heavy (non-hydrogen) atoms. The first-order valence-corrected chi connectivity index (χ1v) is 8.40. The topological polar surface area (TPSA) is 90.5 Å². The van der Waals surface area contributed by atoms with E-state index >= 15 is 0 Å². The molecule has 0 aliphatic carbocycles. The number of hydrogen-bond acceptors (Lipinski definition) is 5. The maximum absolute atomic E-state index is 12.5. The van der Waals surface area contributed by atoms with E-state index in [9.17, 15) is 18.3 Å². The zero-order valence-corrected chi connectivity index (χ0v) is 12.6. The molecular formula is C11H18N2O4S2. The Morgan fingerprint density at radius 1 is 1.37 bits per heavy atom. The molecule has 1 aliphatic heterocycles. The van der Waals surface area contributed by atoms with Crippen LogP contribution in [0.15, 0.2) is 9.00 Å². The zero-order valence-electron chi connectivity index (χ0n) is 11.0. The van der Waals surface area contributed by atoms with E-state index in [2.05, 4.69) is 4.98 Å². The van der Waals surface area contributed by atoms with Crippen molar-refractivity contribution in [1.82, 2.24) is 9.29 Å². The van der Waals surface area contributed by atoms with Gasteiger partial charge in [-0.2, -0.15) is 4.31 Å². The number of aliphatic hydroxyl groups is 1. The molecule has 8 heteroatoms. The van der Waals surface area contributed by atoms with Crippen molar-refractivity contribution in [3.8, 4) is 0 Å². The van der Waals surface area contributed by atoms with Gasteiger partial charge in [0.05, 0.1) is 5.60 Å². The first kappa shape index (κ1) is 14.7. The lowest BCUT2D eigenvalue weighted by Gasteiger charge is -2.21. The Morgan fingerprint density at radius 2 is 2.05 bits per heavy atom. The highest BCUT2D eigenvalue weighted by molar-refractivity contribution is 7.91. The summed E-state index contributed by atoms with van der Waals surface area (Å²) < 4.78 is 26.4. The molecule has 2 rings (SSSR count). The maximum atomic E-state index is 12.5. The Bertz CT molecular complexity index is 615. The smallest absolute Gasteiger partial charge is 0.305 e.